The monoisotopic (exact) mass is 320 g/mol. The van der Waals surface area contributed by atoms with Crippen molar-refractivity contribution >= 4 is 0 Å². The Morgan fingerprint density at radius 3 is 0.958 bits per heavy atom. The van der Waals surface area contributed by atoms with Crippen LogP contribution in [0.4, 0.5) is 0 Å². The minimum Gasteiger partial charge on any atom is -0.0744 e. The Morgan fingerprint density at radius 2 is 0.708 bits per heavy atom. The van der Waals surface area contributed by atoms with Gasteiger partial charge in [-0.05, 0) is 136 Å². The third-order valence-electron chi connectivity index (χ3n) is 9.01. The molecule has 0 aliphatic heterocycles. The van der Waals surface area contributed by atoms with Crippen molar-refractivity contribution in [2.24, 2.45) is 46.3 Å². The molecule has 0 saturated heterocycles. The average molecular weight is 321 g/mol. The van der Waals surface area contributed by atoms with Crippen molar-refractivity contribution in [2.75, 3.05) is 0 Å². The molecule has 0 aromatic heterocycles. The Labute approximate surface area is 147 Å². The highest BCUT2D eigenvalue weighted by atomic mass is 14.5. The molecule has 0 N–H and O–H groups in total. The largest absolute Gasteiger partial charge is 0.0744 e. The van der Waals surface area contributed by atoms with E-state index in [4.69, 9.17) is 0 Å². The molecule has 0 spiro atoms. The van der Waals surface area contributed by atoms with Gasteiger partial charge in [0.05, 0.1) is 0 Å². The first-order chi connectivity index (χ1) is 11.7. The van der Waals surface area contributed by atoms with Crippen LogP contribution in [0.25, 0.3) is 0 Å². The first-order valence-corrected chi connectivity index (χ1v) is 10.9. The minimum absolute atomic E-state index is 0.525. The van der Waals surface area contributed by atoms with Crippen molar-refractivity contribution in [1.82, 2.24) is 0 Å². The van der Waals surface area contributed by atoms with Crippen LogP contribution in [-0.4, -0.2) is 0 Å². The number of allylic oxidation sites excluding steroid dienone is 2. The lowest BCUT2D eigenvalue weighted by Crippen LogP contribution is -2.45. The van der Waals surface area contributed by atoms with E-state index in [2.05, 4.69) is 23.6 Å². The summed E-state index contributed by atoms with van der Waals surface area (Å²) in [4.78, 5) is 0. The highest BCUT2D eigenvalue weighted by Crippen LogP contribution is 2.61. The lowest BCUT2D eigenvalue weighted by atomic mass is 9.49. The van der Waals surface area contributed by atoms with Crippen molar-refractivity contribution in [3.8, 4) is 0 Å². The van der Waals surface area contributed by atoms with Gasteiger partial charge in [-0.15, -0.1) is 0 Å². The van der Waals surface area contributed by atoms with Gasteiger partial charge in [-0.25, -0.2) is 0 Å². The molecule has 0 unspecified atom stereocenters. The fraction of sp³-hybridized carbons (Fsp3) is 0.833. The van der Waals surface area contributed by atoms with Gasteiger partial charge in [0.15, 0.2) is 0 Å². The maximum atomic E-state index is 3.59. The second kappa shape index (κ2) is 4.93. The van der Waals surface area contributed by atoms with Gasteiger partial charge in [-0.1, -0.05) is 11.5 Å². The van der Waals surface area contributed by atoms with Crippen molar-refractivity contribution in [1.29, 1.82) is 0 Å². The number of hydrogen-bond acceptors (Lipinski definition) is 0. The smallest absolute Gasteiger partial charge is 0.00281 e. The van der Waals surface area contributed by atoms with Gasteiger partial charge < -0.3 is 0 Å². The van der Waals surface area contributed by atoms with Gasteiger partial charge >= 0.3 is 0 Å². The molecule has 0 amide bonds. The molecular weight excluding hydrogens is 288 g/mol. The van der Waals surface area contributed by atoms with Crippen molar-refractivity contribution in [3.05, 3.63) is 23.6 Å². The highest BCUT2D eigenvalue weighted by Gasteiger charge is 2.50. The van der Waals surface area contributed by atoms with E-state index in [1.165, 1.54) is 38.5 Å². The first-order valence-electron chi connectivity index (χ1n) is 10.9. The van der Waals surface area contributed by atoms with Crippen LogP contribution in [0.5, 0.6) is 0 Å². The molecule has 8 rings (SSSR count). The Hall–Kier alpha value is -0.700. The Balaban J connectivity index is 1.26. The van der Waals surface area contributed by atoms with Crippen LogP contribution in [0.1, 0.15) is 77.0 Å². The van der Waals surface area contributed by atoms with Crippen LogP contribution in [0.15, 0.2) is 23.6 Å². The minimum atomic E-state index is 0.525. The third kappa shape index (κ3) is 2.26. The highest BCUT2D eigenvalue weighted by molar-refractivity contribution is 5.13. The van der Waals surface area contributed by atoms with Gasteiger partial charge in [0, 0.05) is 0 Å². The molecule has 0 aromatic carbocycles. The summed E-state index contributed by atoms with van der Waals surface area (Å²) in [7, 11) is 0. The quantitative estimate of drug-likeness (QED) is 0.525. The van der Waals surface area contributed by atoms with E-state index in [1.54, 1.807) is 38.5 Å². The van der Waals surface area contributed by atoms with Gasteiger partial charge in [0.25, 0.3) is 0 Å². The third-order valence-corrected chi connectivity index (χ3v) is 9.01. The fourth-order valence-corrected chi connectivity index (χ4v) is 9.10. The van der Waals surface area contributed by atoms with E-state index < -0.39 is 0 Å². The predicted molar refractivity (Wildman–Crippen MR) is 97.4 cm³/mol. The summed E-state index contributed by atoms with van der Waals surface area (Å²) in [6, 6.07) is 0. The molecule has 0 nitrogen and oxygen atoms in total. The molecule has 128 valence electrons. The number of rotatable bonds is 2. The molecular formula is C24H32. The summed E-state index contributed by atoms with van der Waals surface area (Å²) in [5.41, 5.74) is 8.22. The molecule has 8 saturated carbocycles. The molecule has 8 bridgehead atoms. The Morgan fingerprint density at radius 1 is 0.458 bits per heavy atom. The lowest BCUT2D eigenvalue weighted by Gasteiger charge is -2.55. The van der Waals surface area contributed by atoms with Crippen LogP contribution in [0.2, 0.25) is 0 Å². The number of hydrogen-bond donors (Lipinski definition) is 0. The Bertz CT molecular complexity index is 510. The summed E-state index contributed by atoms with van der Waals surface area (Å²) in [5, 5.41) is 0. The van der Waals surface area contributed by atoms with E-state index in [0.717, 1.165) is 35.5 Å². The van der Waals surface area contributed by atoms with E-state index >= 15 is 0 Å². The molecule has 8 fully saturated rings. The molecule has 0 heteroatoms. The fourth-order valence-electron chi connectivity index (χ4n) is 9.10. The van der Waals surface area contributed by atoms with E-state index in [9.17, 15) is 0 Å². The molecule has 8 aliphatic rings. The second-order valence-electron chi connectivity index (χ2n) is 11.1. The van der Waals surface area contributed by atoms with Crippen molar-refractivity contribution < 1.29 is 0 Å². The van der Waals surface area contributed by atoms with E-state index in [0.29, 0.717) is 10.8 Å². The summed E-state index contributed by atoms with van der Waals surface area (Å²) in [5.74, 6) is 6.26. The topological polar surface area (TPSA) is 0 Å². The summed E-state index contributed by atoms with van der Waals surface area (Å²) in [6.45, 7) is 0. The zero-order valence-corrected chi connectivity index (χ0v) is 15.1. The average Bonchev–Trinajstić information content (AvgIpc) is 2.49. The molecule has 24 heavy (non-hydrogen) atoms. The van der Waals surface area contributed by atoms with E-state index in [1.807, 2.05) is 0 Å². The molecule has 0 atom stereocenters. The lowest BCUT2D eigenvalue weighted by molar-refractivity contribution is -0.0241. The normalized spacial score (nSPS) is 56.0. The van der Waals surface area contributed by atoms with Crippen LogP contribution in [0, 0.1) is 46.3 Å². The van der Waals surface area contributed by atoms with E-state index in [-0.39, 0.29) is 0 Å². The van der Waals surface area contributed by atoms with Crippen LogP contribution in [0.3, 0.4) is 0 Å². The van der Waals surface area contributed by atoms with Gasteiger partial charge in [0.2, 0.25) is 0 Å². The maximum absolute atomic E-state index is 3.59. The predicted octanol–water partition coefficient (Wildman–Crippen LogP) is 6.29. The molecule has 0 radical (unpaired) electrons. The first kappa shape index (κ1) is 14.5. The molecule has 0 aromatic rings. The SMILES string of the molecule is C(=C=CC12CC3CC(CC(C3)C1)C2)=CC12CC3CC(CC(C3)C1)C2. The van der Waals surface area contributed by atoms with Crippen molar-refractivity contribution in [2.45, 2.75) is 77.0 Å². The summed E-state index contributed by atoms with van der Waals surface area (Å²) < 4.78 is 0. The van der Waals surface area contributed by atoms with Crippen LogP contribution >= 0.6 is 0 Å². The Kier molecular flexibility index (Phi) is 2.97. The molecule has 8 aliphatic carbocycles. The zero-order valence-electron chi connectivity index (χ0n) is 15.1. The van der Waals surface area contributed by atoms with Crippen LogP contribution in [-0.2, 0) is 0 Å². The second-order valence-corrected chi connectivity index (χ2v) is 11.1. The maximum Gasteiger partial charge on any atom is -0.00281 e. The zero-order chi connectivity index (χ0) is 15.8. The van der Waals surface area contributed by atoms with Gasteiger partial charge in [-0.3, -0.25) is 0 Å². The van der Waals surface area contributed by atoms with Gasteiger partial charge in [-0.2, -0.15) is 0 Å². The van der Waals surface area contributed by atoms with Crippen LogP contribution < -0.4 is 0 Å². The van der Waals surface area contributed by atoms with Gasteiger partial charge in [0.1, 0.15) is 0 Å². The molecule has 0 heterocycles. The summed E-state index contributed by atoms with van der Waals surface area (Å²) >= 11 is 0. The summed E-state index contributed by atoms with van der Waals surface area (Å²) in [6.07, 6.45) is 23.0. The standard InChI is InChI=1S/C24H32/c1(3-23-11-17-5-18(12-23)7-19(6-17)13-23)2-4-24-14-20-8-21(15-24)10-22(9-20)16-24/h3-4,17-22H,5-16H2. The van der Waals surface area contributed by atoms with Crippen molar-refractivity contribution in [3.63, 3.8) is 0 Å².